The van der Waals surface area contributed by atoms with Crippen molar-refractivity contribution in [3.05, 3.63) is 27.7 Å². The number of anilines is 1. The molecule has 0 spiro atoms. The summed E-state index contributed by atoms with van der Waals surface area (Å²) in [6.07, 6.45) is 1.93. The Labute approximate surface area is 105 Å². The molecule has 1 heterocycles. The van der Waals surface area contributed by atoms with Gasteiger partial charge in [-0.25, -0.2) is 0 Å². The van der Waals surface area contributed by atoms with E-state index < -0.39 is 0 Å². The van der Waals surface area contributed by atoms with E-state index in [0.29, 0.717) is 12.1 Å². The maximum absolute atomic E-state index is 10.8. The van der Waals surface area contributed by atoms with Crippen LogP contribution in [0.1, 0.15) is 36.7 Å². The van der Waals surface area contributed by atoms with Crippen LogP contribution < -0.4 is 4.90 Å². The number of carbonyl (C=O) groups is 1. The monoisotopic (exact) mass is 281 g/mol. The highest BCUT2D eigenvalue weighted by atomic mass is 79.9. The molecule has 1 aromatic carbocycles. The molecular formula is C13H16BrNO. The molecule has 0 N–H and O–H groups in total. The van der Waals surface area contributed by atoms with Gasteiger partial charge in [-0.2, -0.15) is 0 Å². The van der Waals surface area contributed by atoms with Crippen LogP contribution in [0.15, 0.2) is 16.6 Å². The van der Waals surface area contributed by atoms with E-state index in [4.69, 9.17) is 0 Å². The third-order valence-electron chi connectivity index (χ3n) is 3.11. The first-order valence-corrected chi connectivity index (χ1v) is 6.39. The van der Waals surface area contributed by atoms with Crippen molar-refractivity contribution in [2.24, 2.45) is 0 Å². The first kappa shape index (κ1) is 11.6. The zero-order chi connectivity index (χ0) is 11.9. The molecule has 1 atom stereocenters. The minimum Gasteiger partial charge on any atom is -0.365 e. The molecule has 86 valence electrons. The molecule has 0 bridgehead atoms. The van der Waals surface area contributed by atoms with Crippen LogP contribution in [0.25, 0.3) is 0 Å². The van der Waals surface area contributed by atoms with Gasteiger partial charge in [-0.3, -0.25) is 4.79 Å². The molecule has 16 heavy (non-hydrogen) atoms. The summed E-state index contributed by atoms with van der Waals surface area (Å²) in [6, 6.07) is 4.90. The standard InChI is InChI=1S/C13H16BrNO/c1-8(2)15-9(3)4-11-5-10(7-16)6-12(14)13(11)15/h5-9H,4H2,1-3H3. The first-order chi connectivity index (χ1) is 7.54. The number of hydrogen-bond acceptors (Lipinski definition) is 2. The summed E-state index contributed by atoms with van der Waals surface area (Å²) in [4.78, 5) is 13.2. The number of nitrogens with zero attached hydrogens (tertiary/aromatic N) is 1. The van der Waals surface area contributed by atoms with Crippen molar-refractivity contribution < 1.29 is 4.79 Å². The lowest BCUT2D eigenvalue weighted by Gasteiger charge is -2.30. The fraction of sp³-hybridized carbons (Fsp3) is 0.462. The maximum Gasteiger partial charge on any atom is 0.150 e. The van der Waals surface area contributed by atoms with Gasteiger partial charge in [0.1, 0.15) is 6.29 Å². The quantitative estimate of drug-likeness (QED) is 0.775. The normalized spacial score (nSPS) is 19.1. The summed E-state index contributed by atoms with van der Waals surface area (Å²) >= 11 is 3.57. The van der Waals surface area contributed by atoms with E-state index in [1.807, 2.05) is 12.1 Å². The van der Waals surface area contributed by atoms with Crippen LogP contribution in [-0.2, 0) is 6.42 Å². The van der Waals surface area contributed by atoms with Gasteiger partial charge in [0.15, 0.2) is 0 Å². The topological polar surface area (TPSA) is 20.3 Å². The Morgan fingerprint density at radius 2 is 2.19 bits per heavy atom. The predicted octanol–water partition coefficient (Wildman–Crippen LogP) is 3.42. The number of hydrogen-bond donors (Lipinski definition) is 0. The lowest BCUT2D eigenvalue weighted by atomic mass is 10.1. The van der Waals surface area contributed by atoms with E-state index in [1.165, 1.54) is 11.3 Å². The summed E-state index contributed by atoms with van der Waals surface area (Å²) in [7, 11) is 0. The molecule has 2 rings (SSSR count). The zero-order valence-electron chi connectivity index (χ0n) is 9.83. The van der Waals surface area contributed by atoms with Crippen molar-refractivity contribution in [3.8, 4) is 0 Å². The number of halogens is 1. The second-order valence-electron chi connectivity index (χ2n) is 4.68. The average Bonchev–Trinajstić information content (AvgIpc) is 2.54. The number of carbonyl (C=O) groups excluding carboxylic acids is 1. The highest BCUT2D eigenvalue weighted by molar-refractivity contribution is 9.10. The van der Waals surface area contributed by atoms with E-state index in [1.54, 1.807) is 0 Å². The Balaban J connectivity index is 2.54. The Bertz CT molecular complexity index is 428. The Morgan fingerprint density at radius 1 is 1.50 bits per heavy atom. The van der Waals surface area contributed by atoms with Crippen molar-refractivity contribution in [2.45, 2.75) is 39.3 Å². The van der Waals surface area contributed by atoms with E-state index in [0.717, 1.165) is 22.7 Å². The van der Waals surface area contributed by atoms with Gasteiger partial charge in [-0.1, -0.05) is 0 Å². The van der Waals surface area contributed by atoms with Gasteiger partial charge in [0, 0.05) is 22.1 Å². The molecule has 0 fully saturated rings. The number of fused-ring (bicyclic) bond motifs is 1. The molecule has 0 saturated carbocycles. The third-order valence-corrected chi connectivity index (χ3v) is 3.71. The molecule has 1 aliphatic rings. The molecule has 2 nitrogen and oxygen atoms in total. The van der Waals surface area contributed by atoms with Gasteiger partial charge in [-0.05, 0) is 60.8 Å². The van der Waals surface area contributed by atoms with E-state index >= 15 is 0 Å². The highest BCUT2D eigenvalue weighted by Gasteiger charge is 2.30. The van der Waals surface area contributed by atoms with Gasteiger partial charge in [0.25, 0.3) is 0 Å². The summed E-state index contributed by atoms with van der Waals surface area (Å²) in [5.41, 5.74) is 3.29. The molecule has 3 heteroatoms. The number of aldehydes is 1. The molecule has 0 saturated heterocycles. The van der Waals surface area contributed by atoms with Crippen molar-refractivity contribution in [1.29, 1.82) is 0 Å². The SMILES string of the molecule is CC(C)N1c2c(Br)cc(C=O)cc2CC1C. The number of benzene rings is 1. The largest absolute Gasteiger partial charge is 0.365 e. The van der Waals surface area contributed by atoms with Crippen molar-refractivity contribution in [3.63, 3.8) is 0 Å². The molecule has 0 aliphatic carbocycles. The molecule has 0 aromatic heterocycles. The average molecular weight is 282 g/mol. The smallest absolute Gasteiger partial charge is 0.150 e. The molecular weight excluding hydrogens is 266 g/mol. The van der Waals surface area contributed by atoms with Crippen LogP contribution in [0.3, 0.4) is 0 Å². The predicted molar refractivity (Wildman–Crippen MR) is 70.3 cm³/mol. The van der Waals surface area contributed by atoms with Crippen molar-refractivity contribution in [1.82, 2.24) is 0 Å². The van der Waals surface area contributed by atoms with Crippen LogP contribution in [0.2, 0.25) is 0 Å². The molecule has 0 amide bonds. The van der Waals surface area contributed by atoms with Gasteiger partial charge in [-0.15, -0.1) is 0 Å². The van der Waals surface area contributed by atoms with Gasteiger partial charge >= 0.3 is 0 Å². The van der Waals surface area contributed by atoms with Crippen LogP contribution >= 0.6 is 15.9 Å². The van der Waals surface area contributed by atoms with Crippen LogP contribution in [0, 0.1) is 0 Å². The van der Waals surface area contributed by atoms with Crippen LogP contribution in [0.5, 0.6) is 0 Å². The summed E-state index contributed by atoms with van der Waals surface area (Å²) in [5.74, 6) is 0. The van der Waals surface area contributed by atoms with Gasteiger partial charge in [0.2, 0.25) is 0 Å². The molecule has 1 aliphatic heterocycles. The summed E-state index contributed by atoms with van der Waals surface area (Å²) in [6.45, 7) is 6.63. The van der Waals surface area contributed by atoms with Gasteiger partial charge in [0.05, 0.1) is 5.69 Å². The van der Waals surface area contributed by atoms with E-state index in [-0.39, 0.29) is 0 Å². The lowest BCUT2D eigenvalue weighted by Crippen LogP contribution is -2.35. The molecule has 1 unspecified atom stereocenters. The lowest BCUT2D eigenvalue weighted by molar-refractivity contribution is 0.112. The second kappa shape index (κ2) is 4.21. The Hall–Kier alpha value is -0.830. The van der Waals surface area contributed by atoms with Crippen molar-refractivity contribution in [2.75, 3.05) is 4.90 Å². The minimum absolute atomic E-state index is 0.481. The zero-order valence-corrected chi connectivity index (χ0v) is 11.4. The third kappa shape index (κ3) is 1.77. The Morgan fingerprint density at radius 3 is 2.75 bits per heavy atom. The minimum atomic E-state index is 0.481. The van der Waals surface area contributed by atoms with Crippen LogP contribution in [0.4, 0.5) is 5.69 Å². The van der Waals surface area contributed by atoms with Crippen molar-refractivity contribution >= 4 is 27.9 Å². The van der Waals surface area contributed by atoms with Gasteiger partial charge < -0.3 is 4.90 Å². The van der Waals surface area contributed by atoms with E-state index in [9.17, 15) is 4.79 Å². The fourth-order valence-corrected chi connectivity index (χ4v) is 3.32. The fourth-order valence-electron chi connectivity index (χ4n) is 2.60. The maximum atomic E-state index is 10.8. The molecule has 1 aromatic rings. The first-order valence-electron chi connectivity index (χ1n) is 5.60. The summed E-state index contributed by atoms with van der Waals surface area (Å²) in [5, 5.41) is 0. The molecule has 0 radical (unpaired) electrons. The number of rotatable bonds is 2. The Kier molecular flexibility index (Phi) is 3.06. The second-order valence-corrected chi connectivity index (χ2v) is 5.54. The van der Waals surface area contributed by atoms with E-state index in [2.05, 4.69) is 41.6 Å². The highest BCUT2D eigenvalue weighted by Crippen LogP contribution is 2.40. The van der Waals surface area contributed by atoms with Crippen LogP contribution in [-0.4, -0.2) is 18.4 Å². The summed E-state index contributed by atoms with van der Waals surface area (Å²) < 4.78 is 1.03.